The number of fused-ring (bicyclic) bond motifs is 9. The third-order valence-electron chi connectivity index (χ3n) is 9.45. The van der Waals surface area contributed by atoms with E-state index in [1.807, 2.05) is 30.4 Å². The zero-order valence-electron chi connectivity index (χ0n) is 21.2. The average molecular weight is 491 g/mol. The quantitative estimate of drug-likeness (QED) is 0.433. The lowest BCUT2D eigenvalue weighted by Gasteiger charge is -2.36. The van der Waals surface area contributed by atoms with Gasteiger partial charge in [-0.15, -0.1) is 0 Å². The normalized spacial score (nSPS) is 27.0. The highest BCUT2D eigenvalue weighted by atomic mass is 16.2. The molecule has 2 aliphatic heterocycles. The summed E-state index contributed by atoms with van der Waals surface area (Å²) in [5.74, 6) is 3.04. The van der Waals surface area contributed by atoms with Crippen molar-refractivity contribution in [2.45, 2.75) is 62.6 Å². The van der Waals surface area contributed by atoms with Gasteiger partial charge in [0, 0.05) is 37.0 Å². The predicted molar refractivity (Wildman–Crippen MR) is 141 cm³/mol. The molecule has 2 saturated carbocycles. The lowest BCUT2D eigenvalue weighted by molar-refractivity contribution is 0.0734. The number of aromatic nitrogens is 4. The van der Waals surface area contributed by atoms with E-state index in [9.17, 15) is 4.79 Å². The monoisotopic (exact) mass is 490 g/mol. The van der Waals surface area contributed by atoms with E-state index in [-0.39, 0.29) is 23.5 Å². The lowest BCUT2D eigenvalue weighted by Crippen LogP contribution is -2.44. The van der Waals surface area contributed by atoms with E-state index in [4.69, 9.17) is 10.7 Å². The molecule has 2 fully saturated rings. The SMILES string of the molecule is C[C@@H]1C[C@H]1c1cccc2c1[C@H]1C[C@H](c3nc4ccc(-c5cnc(C6(N)CCC6)nc5)cc4n31)N(C)C2=O. The molecule has 0 spiro atoms. The van der Waals surface area contributed by atoms with Crippen molar-refractivity contribution in [3.63, 3.8) is 0 Å². The number of hydrogen-bond acceptors (Lipinski definition) is 5. The fourth-order valence-electron chi connectivity index (χ4n) is 6.92. The number of carbonyl (C=O) groups excluding carboxylic acids is 1. The highest BCUT2D eigenvalue weighted by molar-refractivity contribution is 5.97. The van der Waals surface area contributed by atoms with Gasteiger partial charge in [-0.05, 0) is 72.4 Å². The van der Waals surface area contributed by atoms with Crippen LogP contribution in [0.25, 0.3) is 22.2 Å². The molecule has 37 heavy (non-hydrogen) atoms. The first-order valence-corrected chi connectivity index (χ1v) is 13.5. The number of imidazole rings is 1. The number of benzene rings is 2. The third-order valence-corrected chi connectivity index (χ3v) is 9.45. The number of hydrogen-bond donors (Lipinski definition) is 1. The summed E-state index contributed by atoms with van der Waals surface area (Å²) in [5.41, 5.74) is 13.6. The first-order chi connectivity index (χ1) is 17.9. The number of amides is 1. The molecule has 4 aromatic rings. The van der Waals surface area contributed by atoms with Crippen molar-refractivity contribution >= 4 is 16.9 Å². The van der Waals surface area contributed by atoms with Gasteiger partial charge in [-0.2, -0.15) is 0 Å². The van der Waals surface area contributed by atoms with Gasteiger partial charge in [-0.3, -0.25) is 4.79 Å². The van der Waals surface area contributed by atoms with Crippen LogP contribution in [-0.4, -0.2) is 37.4 Å². The minimum atomic E-state index is -0.363. The van der Waals surface area contributed by atoms with Crippen molar-refractivity contribution in [1.29, 1.82) is 0 Å². The van der Waals surface area contributed by atoms with E-state index in [0.29, 0.717) is 11.8 Å². The van der Waals surface area contributed by atoms with E-state index >= 15 is 0 Å². The van der Waals surface area contributed by atoms with Crippen LogP contribution < -0.4 is 5.73 Å². The molecule has 4 atom stereocenters. The van der Waals surface area contributed by atoms with Crippen molar-refractivity contribution in [1.82, 2.24) is 24.4 Å². The second-order valence-corrected chi connectivity index (χ2v) is 11.7. The van der Waals surface area contributed by atoms with Gasteiger partial charge in [-0.1, -0.05) is 25.1 Å². The van der Waals surface area contributed by atoms with Gasteiger partial charge in [0.15, 0.2) is 0 Å². The lowest BCUT2D eigenvalue weighted by atomic mass is 9.77. The molecular formula is C30H30N6O. The summed E-state index contributed by atoms with van der Waals surface area (Å²) in [6, 6.07) is 12.8. The maximum absolute atomic E-state index is 13.6. The minimum absolute atomic E-state index is 0.0314. The zero-order valence-corrected chi connectivity index (χ0v) is 21.2. The van der Waals surface area contributed by atoms with Crippen LogP contribution >= 0.6 is 0 Å². The Bertz CT molecular complexity index is 1600. The molecule has 2 aromatic carbocycles. The molecule has 2 N–H and O–H groups in total. The molecule has 2 bridgehead atoms. The van der Waals surface area contributed by atoms with Gasteiger partial charge in [0.2, 0.25) is 0 Å². The molecule has 8 rings (SSSR count). The molecule has 0 unspecified atom stereocenters. The molecule has 0 saturated heterocycles. The Morgan fingerprint density at radius 1 is 1.03 bits per heavy atom. The third kappa shape index (κ3) is 2.92. The van der Waals surface area contributed by atoms with Crippen LogP contribution in [0.4, 0.5) is 0 Å². The minimum Gasteiger partial charge on any atom is -0.331 e. The summed E-state index contributed by atoms with van der Waals surface area (Å²) in [6.45, 7) is 2.31. The second-order valence-electron chi connectivity index (χ2n) is 11.7. The van der Waals surface area contributed by atoms with Gasteiger partial charge >= 0.3 is 0 Å². The van der Waals surface area contributed by atoms with Gasteiger partial charge in [0.05, 0.1) is 28.7 Å². The molecule has 7 heteroatoms. The molecule has 7 nitrogen and oxygen atoms in total. The Morgan fingerprint density at radius 2 is 1.81 bits per heavy atom. The van der Waals surface area contributed by atoms with Crippen LogP contribution in [0.3, 0.4) is 0 Å². The molecular weight excluding hydrogens is 460 g/mol. The van der Waals surface area contributed by atoms with Crippen LogP contribution in [0.1, 0.15) is 90.2 Å². The van der Waals surface area contributed by atoms with Crippen LogP contribution in [0, 0.1) is 5.92 Å². The van der Waals surface area contributed by atoms with E-state index in [0.717, 1.165) is 65.1 Å². The Labute approximate surface area is 215 Å². The van der Waals surface area contributed by atoms with E-state index in [2.05, 4.69) is 51.8 Å². The summed E-state index contributed by atoms with van der Waals surface area (Å²) in [7, 11) is 1.93. The molecule has 1 amide bonds. The molecule has 2 aromatic heterocycles. The smallest absolute Gasteiger partial charge is 0.254 e. The first kappa shape index (κ1) is 21.5. The first-order valence-electron chi connectivity index (χ1n) is 13.5. The number of rotatable bonds is 3. The maximum Gasteiger partial charge on any atom is 0.254 e. The van der Waals surface area contributed by atoms with Gasteiger partial charge in [0.1, 0.15) is 11.6 Å². The Hall–Kier alpha value is -3.58. The van der Waals surface area contributed by atoms with Crippen LogP contribution in [0.15, 0.2) is 48.8 Å². The molecule has 186 valence electrons. The van der Waals surface area contributed by atoms with Crippen molar-refractivity contribution in [3.05, 3.63) is 77.1 Å². The van der Waals surface area contributed by atoms with Crippen LogP contribution in [-0.2, 0) is 5.54 Å². The largest absolute Gasteiger partial charge is 0.331 e. The fourth-order valence-corrected chi connectivity index (χ4v) is 6.92. The van der Waals surface area contributed by atoms with Gasteiger partial charge < -0.3 is 15.2 Å². The number of nitrogens with two attached hydrogens (primary N) is 1. The Balaban J connectivity index is 1.28. The van der Waals surface area contributed by atoms with Crippen molar-refractivity contribution in [2.75, 3.05) is 7.05 Å². The maximum atomic E-state index is 13.6. The number of nitrogens with zero attached hydrogens (tertiary/aromatic N) is 5. The Morgan fingerprint density at radius 3 is 2.51 bits per heavy atom. The highest BCUT2D eigenvalue weighted by Gasteiger charge is 2.46. The van der Waals surface area contributed by atoms with Crippen molar-refractivity contribution < 1.29 is 4.79 Å². The highest BCUT2D eigenvalue weighted by Crippen LogP contribution is 2.54. The second kappa shape index (κ2) is 7.25. The summed E-state index contributed by atoms with van der Waals surface area (Å²) < 4.78 is 2.40. The van der Waals surface area contributed by atoms with Crippen molar-refractivity contribution in [3.8, 4) is 11.1 Å². The zero-order chi connectivity index (χ0) is 25.1. The predicted octanol–water partition coefficient (Wildman–Crippen LogP) is 5.07. The van der Waals surface area contributed by atoms with Crippen LogP contribution in [0.2, 0.25) is 0 Å². The Kier molecular flexibility index (Phi) is 4.22. The molecule has 4 heterocycles. The van der Waals surface area contributed by atoms with E-state index < -0.39 is 0 Å². The number of carbonyl (C=O) groups is 1. The van der Waals surface area contributed by atoms with Crippen LogP contribution in [0.5, 0.6) is 0 Å². The summed E-state index contributed by atoms with van der Waals surface area (Å²) in [6.07, 6.45) is 8.89. The van der Waals surface area contributed by atoms with E-state index in [1.165, 1.54) is 17.5 Å². The van der Waals surface area contributed by atoms with E-state index in [1.54, 1.807) is 0 Å². The summed E-state index contributed by atoms with van der Waals surface area (Å²) in [5, 5.41) is 0. The molecule has 4 aliphatic rings. The van der Waals surface area contributed by atoms with Gasteiger partial charge in [-0.25, -0.2) is 15.0 Å². The van der Waals surface area contributed by atoms with Gasteiger partial charge in [0.25, 0.3) is 5.91 Å². The summed E-state index contributed by atoms with van der Waals surface area (Å²) >= 11 is 0. The van der Waals surface area contributed by atoms with Crippen molar-refractivity contribution in [2.24, 2.45) is 11.7 Å². The standard InChI is InChI=1S/C30H30N6O/c1-16-11-21(16)19-5-3-6-20-26(19)24-13-25(35(2)28(20)37)27-34-22-8-7-17(12-23(22)36(24)27)18-14-32-29(33-15-18)30(31)9-4-10-30/h3,5-8,12,14-16,21,24-25H,4,9-11,13,31H2,1-2H3/t16-,21-,24-,25-/m1/s1. The molecule has 0 radical (unpaired) electrons. The topological polar surface area (TPSA) is 89.9 Å². The average Bonchev–Trinajstić information content (AvgIpc) is 3.38. The fraction of sp³-hybridized carbons (Fsp3) is 0.400. The molecule has 2 aliphatic carbocycles. The summed E-state index contributed by atoms with van der Waals surface area (Å²) in [4.78, 5) is 29.8.